The van der Waals surface area contributed by atoms with Crippen molar-refractivity contribution in [1.82, 2.24) is 4.90 Å². The zero-order valence-corrected chi connectivity index (χ0v) is 14.5. The molecule has 0 spiro atoms. The number of hydrogen-bond donors (Lipinski definition) is 0. The maximum Gasteiger partial charge on any atom is 0.259 e. The average Bonchev–Trinajstić information content (AvgIpc) is 2.54. The Bertz CT molecular complexity index is 714. The molecule has 22 heavy (non-hydrogen) atoms. The Kier molecular flexibility index (Phi) is 4.39. The van der Waals surface area contributed by atoms with Crippen molar-refractivity contribution in [2.24, 2.45) is 0 Å². The Morgan fingerprint density at radius 1 is 1.32 bits per heavy atom. The Morgan fingerprint density at radius 3 is 2.82 bits per heavy atom. The standard InChI is InChI=1S/C18H20BrNO2/c1-12-7-5-6-10-20(12)18(21)16-15(22-2)11-13-8-3-4-9-14(13)17(16)19/h3-4,8-9,11-12H,5-7,10H2,1-2H3/t12-/m0/s1. The molecule has 1 saturated heterocycles. The van der Waals surface area contributed by atoms with E-state index in [0.717, 1.165) is 34.6 Å². The van der Waals surface area contributed by atoms with Gasteiger partial charge in [-0.2, -0.15) is 0 Å². The quantitative estimate of drug-likeness (QED) is 0.780. The van der Waals surface area contributed by atoms with Gasteiger partial charge in [0, 0.05) is 17.1 Å². The van der Waals surface area contributed by atoms with E-state index >= 15 is 0 Å². The van der Waals surface area contributed by atoms with Crippen LogP contribution in [0.4, 0.5) is 0 Å². The van der Waals surface area contributed by atoms with Gasteiger partial charge >= 0.3 is 0 Å². The maximum atomic E-state index is 13.1. The van der Waals surface area contributed by atoms with Crippen LogP contribution in [0, 0.1) is 0 Å². The Balaban J connectivity index is 2.12. The highest BCUT2D eigenvalue weighted by Gasteiger charge is 2.28. The van der Waals surface area contributed by atoms with Gasteiger partial charge in [0.15, 0.2) is 0 Å². The number of carbonyl (C=O) groups is 1. The van der Waals surface area contributed by atoms with E-state index < -0.39 is 0 Å². The number of carbonyl (C=O) groups excluding carboxylic acids is 1. The minimum Gasteiger partial charge on any atom is -0.496 e. The second kappa shape index (κ2) is 6.29. The molecule has 4 heteroatoms. The minimum atomic E-state index is 0.0571. The summed E-state index contributed by atoms with van der Waals surface area (Å²) in [7, 11) is 1.62. The van der Waals surface area contributed by atoms with Gasteiger partial charge in [-0.05, 0) is 59.0 Å². The molecule has 0 bridgehead atoms. The Morgan fingerprint density at radius 2 is 2.09 bits per heavy atom. The molecule has 2 aromatic rings. The van der Waals surface area contributed by atoms with E-state index in [0.29, 0.717) is 11.3 Å². The second-order valence-electron chi connectivity index (χ2n) is 5.83. The zero-order valence-electron chi connectivity index (χ0n) is 12.9. The van der Waals surface area contributed by atoms with E-state index in [-0.39, 0.29) is 11.9 Å². The number of nitrogens with zero attached hydrogens (tertiary/aromatic N) is 1. The smallest absolute Gasteiger partial charge is 0.259 e. The van der Waals surface area contributed by atoms with Crippen LogP contribution in [0.25, 0.3) is 10.8 Å². The first-order valence-electron chi connectivity index (χ1n) is 7.69. The molecule has 0 aliphatic carbocycles. The molecule has 116 valence electrons. The van der Waals surface area contributed by atoms with Crippen LogP contribution in [0.1, 0.15) is 36.5 Å². The van der Waals surface area contributed by atoms with E-state index in [1.54, 1.807) is 7.11 Å². The summed E-state index contributed by atoms with van der Waals surface area (Å²) in [4.78, 5) is 15.0. The molecule has 1 aliphatic heterocycles. The van der Waals surface area contributed by atoms with Crippen molar-refractivity contribution in [3.8, 4) is 5.75 Å². The van der Waals surface area contributed by atoms with Gasteiger partial charge in [0.05, 0.1) is 12.7 Å². The lowest BCUT2D eigenvalue weighted by Crippen LogP contribution is -2.42. The number of ether oxygens (including phenoxy) is 1. The molecule has 0 saturated carbocycles. The molecule has 1 heterocycles. The number of hydrogen-bond acceptors (Lipinski definition) is 2. The lowest BCUT2D eigenvalue weighted by atomic mass is 10.0. The third kappa shape index (κ3) is 2.60. The fourth-order valence-corrected chi connectivity index (χ4v) is 3.91. The predicted octanol–water partition coefficient (Wildman–Crippen LogP) is 4.63. The summed E-state index contributed by atoms with van der Waals surface area (Å²) in [5, 5.41) is 2.10. The Hall–Kier alpha value is -1.55. The highest BCUT2D eigenvalue weighted by molar-refractivity contribution is 9.10. The number of halogens is 1. The molecule has 1 aliphatic rings. The molecule has 1 fully saturated rings. The number of rotatable bonds is 2. The molecule has 0 unspecified atom stereocenters. The van der Waals surface area contributed by atoms with Gasteiger partial charge in [-0.3, -0.25) is 4.79 Å². The summed E-state index contributed by atoms with van der Waals surface area (Å²) >= 11 is 3.63. The first-order chi connectivity index (χ1) is 10.6. The molecule has 2 aromatic carbocycles. The van der Waals surface area contributed by atoms with Crippen LogP contribution >= 0.6 is 15.9 Å². The molecule has 0 radical (unpaired) electrons. The SMILES string of the molecule is COc1cc2ccccc2c(Br)c1C(=O)N1CCCC[C@@H]1C. The van der Waals surface area contributed by atoms with E-state index in [4.69, 9.17) is 4.74 Å². The third-order valence-corrected chi connectivity index (χ3v) is 5.27. The normalized spacial score (nSPS) is 18.5. The van der Waals surface area contributed by atoms with E-state index in [1.807, 2.05) is 35.2 Å². The van der Waals surface area contributed by atoms with Crippen molar-refractivity contribution in [3.05, 3.63) is 40.4 Å². The van der Waals surface area contributed by atoms with E-state index in [9.17, 15) is 4.79 Å². The van der Waals surface area contributed by atoms with Crippen molar-refractivity contribution in [2.75, 3.05) is 13.7 Å². The van der Waals surface area contributed by atoms with Crippen molar-refractivity contribution < 1.29 is 9.53 Å². The summed E-state index contributed by atoms with van der Waals surface area (Å²) in [6.45, 7) is 2.95. The van der Waals surface area contributed by atoms with E-state index in [2.05, 4.69) is 22.9 Å². The van der Waals surface area contributed by atoms with E-state index in [1.165, 1.54) is 6.42 Å². The van der Waals surface area contributed by atoms with Crippen molar-refractivity contribution in [1.29, 1.82) is 0 Å². The molecular formula is C18H20BrNO2. The monoisotopic (exact) mass is 361 g/mol. The first-order valence-corrected chi connectivity index (χ1v) is 8.49. The van der Waals surface area contributed by atoms with Crippen LogP contribution in [0.3, 0.4) is 0 Å². The fraction of sp³-hybridized carbons (Fsp3) is 0.389. The van der Waals surface area contributed by atoms with Gasteiger partial charge in [0.25, 0.3) is 5.91 Å². The van der Waals surface area contributed by atoms with Gasteiger partial charge in [0.1, 0.15) is 5.75 Å². The topological polar surface area (TPSA) is 29.5 Å². The van der Waals surface area contributed by atoms with Crippen LogP contribution in [0.2, 0.25) is 0 Å². The predicted molar refractivity (Wildman–Crippen MR) is 92.5 cm³/mol. The van der Waals surface area contributed by atoms with Crippen LogP contribution in [-0.2, 0) is 0 Å². The molecule has 0 aromatic heterocycles. The summed E-state index contributed by atoms with van der Waals surface area (Å²) in [6, 6.07) is 10.3. The largest absolute Gasteiger partial charge is 0.496 e. The number of benzene rings is 2. The molecule has 3 rings (SSSR count). The molecule has 0 N–H and O–H groups in total. The highest BCUT2D eigenvalue weighted by atomic mass is 79.9. The minimum absolute atomic E-state index is 0.0571. The number of likely N-dealkylation sites (tertiary alicyclic amines) is 1. The summed E-state index contributed by atoms with van der Waals surface area (Å²) in [5.74, 6) is 0.690. The first kappa shape index (κ1) is 15.3. The fourth-order valence-electron chi connectivity index (χ4n) is 3.18. The maximum absolute atomic E-state index is 13.1. The molecule has 1 amide bonds. The number of fused-ring (bicyclic) bond motifs is 1. The summed E-state index contributed by atoms with van der Waals surface area (Å²) in [5.41, 5.74) is 0.634. The molecule has 3 nitrogen and oxygen atoms in total. The highest BCUT2D eigenvalue weighted by Crippen LogP contribution is 2.36. The van der Waals surface area contributed by atoms with Crippen molar-refractivity contribution >= 4 is 32.6 Å². The number of piperidine rings is 1. The van der Waals surface area contributed by atoms with Crippen LogP contribution in [0.15, 0.2) is 34.8 Å². The van der Waals surface area contributed by atoms with Gasteiger partial charge < -0.3 is 9.64 Å². The zero-order chi connectivity index (χ0) is 15.7. The molecule has 1 atom stereocenters. The Labute approximate surface area is 139 Å². The van der Waals surface area contributed by atoms with Gasteiger partial charge in [-0.1, -0.05) is 24.3 Å². The molecular weight excluding hydrogens is 342 g/mol. The van der Waals surface area contributed by atoms with Crippen LogP contribution < -0.4 is 4.74 Å². The lowest BCUT2D eigenvalue weighted by molar-refractivity contribution is 0.0631. The van der Waals surface area contributed by atoms with Gasteiger partial charge in [0.2, 0.25) is 0 Å². The van der Waals surface area contributed by atoms with Crippen molar-refractivity contribution in [3.63, 3.8) is 0 Å². The number of methoxy groups -OCH3 is 1. The van der Waals surface area contributed by atoms with Gasteiger partial charge in [-0.25, -0.2) is 0 Å². The summed E-state index contributed by atoms with van der Waals surface area (Å²) < 4.78 is 6.33. The average molecular weight is 362 g/mol. The lowest BCUT2D eigenvalue weighted by Gasteiger charge is -2.34. The van der Waals surface area contributed by atoms with Crippen LogP contribution in [-0.4, -0.2) is 30.5 Å². The summed E-state index contributed by atoms with van der Waals surface area (Å²) in [6.07, 6.45) is 3.34. The van der Waals surface area contributed by atoms with Crippen molar-refractivity contribution in [2.45, 2.75) is 32.2 Å². The van der Waals surface area contributed by atoms with Gasteiger partial charge in [-0.15, -0.1) is 0 Å². The second-order valence-corrected chi connectivity index (χ2v) is 6.63. The number of amides is 1. The van der Waals surface area contributed by atoms with Crippen LogP contribution in [0.5, 0.6) is 5.75 Å². The third-order valence-electron chi connectivity index (χ3n) is 4.45.